The first-order valence-corrected chi connectivity index (χ1v) is 13.3. The summed E-state index contributed by atoms with van der Waals surface area (Å²) in [5.41, 5.74) is -0.866. The summed E-state index contributed by atoms with van der Waals surface area (Å²) in [5, 5.41) is 18.1. The van der Waals surface area contributed by atoms with Crippen LogP contribution in [0.25, 0.3) is 0 Å². The lowest BCUT2D eigenvalue weighted by Gasteiger charge is -2.24. The van der Waals surface area contributed by atoms with Gasteiger partial charge in [0.2, 0.25) is 5.91 Å². The molecule has 200 valence electrons. The van der Waals surface area contributed by atoms with E-state index < -0.39 is 11.8 Å². The quantitative estimate of drug-likeness (QED) is 0.124. The zero-order valence-corrected chi connectivity index (χ0v) is 21.5. The Morgan fingerprint density at radius 1 is 1.03 bits per heavy atom. The molecule has 0 bridgehead atoms. The predicted molar refractivity (Wildman–Crippen MR) is 134 cm³/mol. The molecule has 2 amide bonds. The lowest BCUT2D eigenvalue weighted by atomic mass is 10.0. The third-order valence-electron chi connectivity index (χ3n) is 6.50. The van der Waals surface area contributed by atoms with Gasteiger partial charge in [0.25, 0.3) is 5.91 Å². The van der Waals surface area contributed by atoms with Crippen LogP contribution >= 0.6 is 0 Å². The van der Waals surface area contributed by atoms with Gasteiger partial charge >= 0.3 is 0 Å². The maximum atomic E-state index is 12.3. The minimum atomic E-state index is -0.866. The molecule has 0 aromatic carbocycles. The molecule has 6 N–H and O–H groups in total. The number of amides is 2. The van der Waals surface area contributed by atoms with E-state index in [4.69, 9.17) is 10.6 Å². The molecule has 0 radical (unpaired) electrons. The number of hydrogen-bond acceptors (Lipinski definition) is 7. The van der Waals surface area contributed by atoms with E-state index in [9.17, 15) is 14.7 Å². The summed E-state index contributed by atoms with van der Waals surface area (Å²) in [7, 11) is 0. The van der Waals surface area contributed by atoms with Gasteiger partial charge in [0, 0.05) is 19.0 Å². The molecule has 1 saturated heterocycles. The monoisotopic (exact) mass is 486 g/mol. The van der Waals surface area contributed by atoms with Gasteiger partial charge in [-0.05, 0) is 12.8 Å². The van der Waals surface area contributed by atoms with E-state index in [-0.39, 0.29) is 37.6 Å². The number of ether oxygens (including phenoxy) is 1. The summed E-state index contributed by atoms with van der Waals surface area (Å²) in [4.78, 5) is 29.0. The lowest BCUT2D eigenvalue weighted by Crippen LogP contribution is -2.55. The second-order valence-electron chi connectivity index (χ2n) is 9.75. The van der Waals surface area contributed by atoms with Gasteiger partial charge < -0.3 is 25.3 Å². The molecule has 3 atom stereocenters. The highest BCUT2D eigenvalue weighted by Gasteiger charge is 2.42. The molecule has 1 fully saturated rings. The lowest BCUT2D eigenvalue weighted by molar-refractivity contribution is -0.131. The fourth-order valence-corrected chi connectivity index (χ4v) is 4.15. The molecule has 0 aromatic rings. The molecule has 3 unspecified atom stereocenters. The van der Waals surface area contributed by atoms with E-state index in [1.165, 1.54) is 64.2 Å². The zero-order chi connectivity index (χ0) is 25.1. The molecule has 34 heavy (non-hydrogen) atoms. The van der Waals surface area contributed by atoms with E-state index in [1.54, 1.807) is 0 Å². The summed E-state index contributed by atoms with van der Waals surface area (Å²) in [5.74, 6) is 4.86. The van der Waals surface area contributed by atoms with Crippen molar-refractivity contribution in [3.63, 3.8) is 0 Å². The summed E-state index contributed by atoms with van der Waals surface area (Å²) in [6.07, 6.45) is 15.1. The smallest absolute Gasteiger partial charge is 0.264 e. The Morgan fingerprint density at radius 2 is 1.62 bits per heavy atom. The topological polar surface area (TPSA) is 135 Å². The molecule has 9 nitrogen and oxygen atoms in total. The first-order valence-electron chi connectivity index (χ1n) is 13.3. The van der Waals surface area contributed by atoms with Crippen LogP contribution in [0, 0.1) is 5.92 Å². The summed E-state index contributed by atoms with van der Waals surface area (Å²) in [6.45, 7) is 5.09. The first kappa shape index (κ1) is 30.8. The minimum absolute atomic E-state index is 0.0145. The van der Waals surface area contributed by atoms with Gasteiger partial charge in [0.05, 0.1) is 25.4 Å². The Kier molecular flexibility index (Phi) is 17.2. The summed E-state index contributed by atoms with van der Waals surface area (Å²) in [6, 6.07) is 0. The van der Waals surface area contributed by atoms with Crippen LogP contribution in [0.5, 0.6) is 0 Å². The van der Waals surface area contributed by atoms with Gasteiger partial charge in [0.1, 0.15) is 0 Å². The molecule has 0 spiro atoms. The average molecular weight is 487 g/mol. The number of carbonyl (C=O) groups is 2. The third-order valence-corrected chi connectivity index (χ3v) is 6.50. The van der Waals surface area contributed by atoms with Gasteiger partial charge in [-0.2, -0.15) is 0 Å². The van der Waals surface area contributed by atoms with Gasteiger partial charge in [-0.3, -0.25) is 14.9 Å². The van der Waals surface area contributed by atoms with Crippen molar-refractivity contribution in [2.24, 2.45) is 11.8 Å². The molecule has 1 aliphatic rings. The molecule has 1 rings (SSSR count). The highest BCUT2D eigenvalue weighted by molar-refractivity contribution is 5.80. The largest absolute Gasteiger partial charge is 0.394 e. The van der Waals surface area contributed by atoms with Crippen molar-refractivity contribution in [3.8, 4) is 0 Å². The molecule has 0 saturated carbocycles. The highest BCUT2D eigenvalue weighted by Crippen LogP contribution is 2.16. The maximum Gasteiger partial charge on any atom is 0.264 e. The molecule has 1 aliphatic heterocycles. The van der Waals surface area contributed by atoms with Crippen molar-refractivity contribution in [2.75, 3.05) is 32.9 Å². The Labute approximate surface area is 206 Å². The van der Waals surface area contributed by atoms with Crippen LogP contribution < -0.4 is 21.8 Å². The number of unbranched alkanes of at least 4 members (excludes halogenated alkanes) is 10. The number of hydrogen-bond donors (Lipinski definition) is 5. The number of rotatable bonds is 21. The van der Waals surface area contributed by atoms with E-state index in [2.05, 4.69) is 27.7 Å². The first-order chi connectivity index (χ1) is 16.5. The standard InChI is InChI=1S/C25H50N4O5/c1-3-4-5-6-7-8-9-10-11-12-13-15-21(2)22(31)27-16-14-17-28-23(32)24-29-25(18-30,19-33-24)20-34-26/h21,24,29-30H,3-20,26H2,1-2H3,(H,27,31)(H,28,32). The SMILES string of the molecule is CCCCCCCCCCCCCC(C)C(=O)NCCCNC(=O)C1NC(CO)(CON)CO1. The fraction of sp³-hybridized carbons (Fsp3) is 0.920. The van der Waals surface area contributed by atoms with Gasteiger partial charge in [-0.15, -0.1) is 0 Å². The number of aliphatic hydroxyl groups is 1. The molecule has 9 heteroatoms. The minimum Gasteiger partial charge on any atom is -0.394 e. The van der Waals surface area contributed by atoms with Crippen molar-refractivity contribution >= 4 is 11.8 Å². The second-order valence-corrected chi connectivity index (χ2v) is 9.75. The average Bonchev–Trinajstić information content (AvgIpc) is 3.27. The normalized spacial score (nSPS) is 20.9. The van der Waals surface area contributed by atoms with Crippen LogP contribution in [0.15, 0.2) is 0 Å². The zero-order valence-electron chi connectivity index (χ0n) is 21.5. The molecular formula is C25H50N4O5. The van der Waals surface area contributed by atoms with Crippen molar-refractivity contribution in [1.82, 2.24) is 16.0 Å². The van der Waals surface area contributed by atoms with E-state index in [0.717, 1.165) is 12.8 Å². The Morgan fingerprint density at radius 3 is 2.21 bits per heavy atom. The van der Waals surface area contributed by atoms with Gasteiger partial charge in [-0.25, -0.2) is 5.90 Å². The number of nitrogens with two attached hydrogens (primary N) is 1. The molecule has 0 aliphatic carbocycles. The summed E-state index contributed by atoms with van der Waals surface area (Å²) >= 11 is 0. The molecule has 0 aromatic heterocycles. The second kappa shape index (κ2) is 19.0. The Bertz CT molecular complexity index is 551. The van der Waals surface area contributed by atoms with E-state index in [0.29, 0.717) is 19.5 Å². The highest BCUT2D eigenvalue weighted by atomic mass is 16.6. The molecule has 1 heterocycles. The van der Waals surface area contributed by atoms with Gasteiger partial charge in [-0.1, -0.05) is 84.5 Å². The number of carbonyl (C=O) groups excluding carboxylic acids is 2. The van der Waals surface area contributed by atoms with Crippen molar-refractivity contribution in [2.45, 2.75) is 109 Å². The van der Waals surface area contributed by atoms with Gasteiger partial charge in [0.15, 0.2) is 6.23 Å². The Hall–Kier alpha value is -1.26. The van der Waals surface area contributed by atoms with Crippen LogP contribution in [0.1, 0.15) is 97.3 Å². The van der Waals surface area contributed by atoms with Crippen LogP contribution in [0.3, 0.4) is 0 Å². The predicted octanol–water partition coefficient (Wildman–Crippen LogP) is 2.51. The third kappa shape index (κ3) is 13.0. The van der Waals surface area contributed by atoms with Crippen molar-refractivity contribution < 1.29 is 24.3 Å². The van der Waals surface area contributed by atoms with Crippen molar-refractivity contribution in [1.29, 1.82) is 0 Å². The maximum absolute atomic E-state index is 12.3. The molecular weight excluding hydrogens is 436 g/mol. The van der Waals surface area contributed by atoms with Crippen LogP contribution in [0.2, 0.25) is 0 Å². The Balaban J connectivity index is 1.99. The van der Waals surface area contributed by atoms with Crippen LogP contribution in [-0.4, -0.2) is 61.6 Å². The fourth-order valence-electron chi connectivity index (χ4n) is 4.15. The number of aliphatic hydroxyl groups excluding tert-OH is 1. The van der Waals surface area contributed by atoms with Crippen LogP contribution in [0.4, 0.5) is 0 Å². The number of nitrogens with one attached hydrogen (secondary N) is 3. The van der Waals surface area contributed by atoms with Crippen molar-refractivity contribution in [3.05, 3.63) is 0 Å². The van der Waals surface area contributed by atoms with E-state index in [1.807, 2.05) is 6.92 Å². The van der Waals surface area contributed by atoms with Crippen LogP contribution in [-0.2, 0) is 19.2 Å². The summed E-state index contributed by atoms with van der Waals surface area (Å²) < 4.78 is 5.40. The van der Waals surface area contributed by atoms with E-state index >= 15 is 0 Å².